The van der Waals surface area contributed by atoms with Crippen LogP contribution in [0.3, 0.4) is 0 Å². The first-order valence-corrected chi connectivity index (χ1v) is 3.73. The zero-order valence-corrected chi connectivity index (χ0v) is 8.67. The largest absolute Gasteiger partial charge is 0.481 e. The highest BCUT2D eigenvalue weighted by atomic mass is 35.5. The van der Waals surface area contributed by atoms with Gasteiger partial charge in [-0.2, -0.15) is 0 Å². The van der Waals surface area contributed by atoms with Crippen molar-refractivity contribution in [1.29, 1.82) is 5.41 Å². The number of nitrogens with one attached hydrogen (secondary N) is 1. The molecule has 0 aromatic carbocycles. The van der Waals surface area contributed by atoms with E-state index < -0.39 is 11.4 Å². The van der Waals surface area contributed by atoms with Crippen molar-refractivity contribution in [3.05, 3.63) is 0 Å². The predicted molar refractivity (Wildman–Crippen MR) is 52.3 cm³/mol. The van der Waals surface area contributed by atoms with Gasteiger partial charge in [-0.25, -0.2) is 4.79 Å². The highest BCUT2D eigenvalue weighted by molar-refractivity contribution is 6.61. The third kappa shape index (κ3) is 421. The average Bonchev–Trinajstić information content (AvgIpc) is 1.82. The van der Waals surface area contributed by atoms with Crippen LogP contribution in [0.25, 0.3) is 0 Å². The molecule has 0 saturated carbocycles. The minimum atomic E-state index is -0.833. The number of nitrogens with two attached hydrogens (primary N) is 2. The van der Waals surface area contributed by atoms with Gasteiger partial charge in [0.05, 0.1) is 6.61 Å². The van der Waals surface area contributed by atoms with Crippen LogP contribution < -0.4 is 11.5 Å². The van der Waals surface area contributed by atoms with Crippen molar-refractivity contribution >= 4 is 29.0 Å². The number of carbonyl (C=O) groups excluding carboxylic acids is 1. The summed E-state index contributed by atoms with van der Waals surface area (Å²) in [6, 6.07) is 0. The van der Waals surface area contributed by atoms with E-state index in [0.29, 0.717) is 6.61 Å². The standard InChI is InChI=1S/C3H5ClO2.C2H4O2.CH5N3/c1-2-6-3(4)5;1-2(3)4;2-1(3)4/h2H2,1H3;1H3,(H,3,4);(H5,2,3,4). The van der Waals surface area contributed by atoms with Crippen LogP contribution in [0, 0.1) is 5.41 Å². The van der Waals surface area contributed by atoms with Crippen molar-refractivity contribution in [2.45, 2.75) is 13.8 Å². The molecule has 0 aliphatic carbocycles. The molecule has 0 saturated heterocycles. The topological polar surface area (TPSA) is 139 Å². The lowest BCUT2D eigenvalue weighted by Crippen LogP contribution is -2.20. The summed E-state index contributed by atoms with van der Waals surface area (Å²) in [6.07, 6.45) is 0. The number of halogens is 1. The van der Waals surface area contributed by atoms with E-state index in [2.05, 4.69) is 16.2 Å². The molecule has 0 aromatic rings. The molecule has 0 fully saturated rings. The molecule has 0 unspecified atom stereocenters. The molecule has 0 amide bonds. The molecule has 7 nitrogen and oxygen atoms in total. The second kappa shape index (κ2) is 14.0. The SMILES string of the molecule is CC(=O)O.CCOC(=O)Cl.N=C(N)N. The second-order valence-corrected chi connectivity index (χ2v) is 1.95. The van der Waals surface area contributed by atoms with Gasteiger partial charge in [-0.05, 0) is 6.92 Å². The number of aliphatic carboxylic acids is 1. The molecule has 0 atom stereocenters. The van der Waals surface area contributed by atoms with Gasteiger partial charge in [-0.1, -0.05) is 0 Å². The molecule has 0 spiro atoms. The highest BCUT2D eigenvalue weighted by Gasteiger charge is 1.86. The number of hydrogen-bond donors (Lipinski definition) is 4. The molecular formula is C6H14ClN3O4. The Morgan fingerprint density at radius 1 is 1.50 bits per heavy atom. The van der Waals surface area contributed by atoms with Crippen molar-refractivity contribution < 1.29 is 19.4 Å². The minimum Gasteiger partial charge on any atom is -0.481 e. The highest BCUT2D eigenvalue weighted by Crippen LogP contribution is 1.82. The molecule has 0 radical (unpaired) electrons. The summed E-state index contributed by atoms with van der Waals surface area (Å²) in [5.74, 6) is -1.17. The van der Waals surface area contributed by atoms with Gasteiger partial charge in [0, 0.05) is 18.5 Å². The fourth-order valence-corrected chi connectivity index (χ4v) is 0.223. The van der Waals surface area contributed by atoms with E-state index in [1.807, 2.05) is 0 Å². The maximum absolute atomic E-state index is 9.59. The number of carboxylic acid groups (broad SMARTS) is 1. The van der Waals surface area contributed by atoms with Crippen LogP contribution in [0.4, 0.5) is 4.79 Å². The van der Waals surface area contributed by atoms with E-state index >= 15 is 0 Å². The van der Waals surface area contributed by atoms with Crippen LogP contribution in [-0.2, 0) is 9.53 Å². The van der Waals surface area contributed by atoms with Crippen molar-refractivity contribution in [2.75, 3.05) is 6.61 Å². The summed E-state index contributed by atoms with van der Waals surface area (Å²) in [5, 5.41) is 13.5. The van der Waals surface area contributed by atoms with Crippen molar-refractivity contribution in [1.82, 2.24) is 0 Å². The number of guanidine groups is 1. The maximum atomic E-state index is 9.59. The van der Waals surface area contributed by atoms with E-state index in [1.165, 1.54) is 0 Å². The molecule has 0 rings (SSSR count). The normalized spacial score (nSPS) is 6.79. The van der Waals surface area contributed by atoms with Crippen LogP contribution in [0.15, 0.2) is 0 Å². The molecule has 8 heteroatoms. The van der Waals surface area contributed by atoms with E-state index in [1.54, 1.807) is 6.92 Å². The van der Waals surface area contributed by atoms with E-state index in [4.69, 9.17) is 26.9 Å². The first-order valence-electron chi connectivity index (χ1n) is 3.35. The third-order valence-electron chi connectivity index (χ3n) is 0.258. The van der Waals surface area contributed by atoms with Crippen LogP contribution in [0.1, 0.15) is 13.8 Å². The summed E-state index contributed by atoms with van der Waals surface area (Å²) < 4.78 is 4.17. The van der Waals surface area contributed by atoms with Crippen LogP contribution >= 0.6 is 11.6 Å². The third-order valence-corrected chi connectivity index (χ3v) is 0.367. The van der Waals surface area contributed by atoms with E-state index in [9.17, 15) is 4.79 Å². The first kappa shape index (κ1) is 18.3. The van der Waals surface area contributed by atoms with Crippen molar-refractivity contribution in [3.8, 4) is 0 Å². The zero-order valence-electron chi connectivity index (χ0n) is 7.91. The molecule has 0 aromatic heterocycles. The molecule has 0 aliphatic heterocycles. The smallest absolute Gasteiger partial charge is 0.403 e. The van der Waals surface area contributed by atoms with Gasteiger partial charge in [-0.3, -0.25) is 10.2 Å². The lowest BCUT2D eigenvalue weighted by Gasteiger charge is -1.86. The molecular weight excluding hydrogens is 214 g/mol. The molecule has 6 N–H and O–H groups in total. The summed E-state index contributed by atoms with van der Waals surface area (Å²) in [6.45, 7) is 3.13. The Labute approximate surface area is 86.5 Å². The quantitative estimate of drug-likeness (QED) is 0.289. The van der Waals surface area contributed by atoms with E-state index in [-0.39, 0.29) is 5.96 Å². The Morgan fingerprint density at radius 2 is 1.71 bits per heavy atom. The number of ether oxygens (including phenoxy) is 1. The maximum Gasteiger partial charge on any atom is 0.403 e. The Hall–Kier alpha value is -1.50. The van der Waals surface area contributed by atoms with Gasteiger partial charge in [-0.15, -0.1) is 0 Å². The molecule has 0 heterocycles. The lowest BCUT2D eigenvalue weighted by atomic mass is 10.9. The molecule has 14 heavy (non-hydrogen) atoms. The molecule has 84 valence electrons. The van der Waals surface area contributed by atoms with Gasteiger partial charge in [0.25, 0.3) is 5.97 Å². The van der Waals surface area contributed by atoms with Gasteiger partial charge in [0.15, 0.2) is 5.96 Å². The lowest BCUT2D eigenvalue weighted by molar-refractivity contribution is -0.134. The molecule has 0 bridgehead atoms. The fourth-order valence-electron chi connectivity index (χ4n) is 0.113. The second-order valence-electron chi connectivity index (χ2n) is 1.65. The summed E-state index contributed by atoms with van der Waals surface area (Å²) in [7, 11) is 0. The Balaban J connectivity index is -0.000000135. The molecule has 0 aliphatic rings. The van der Waals surface area contributed by atoms with Crippen LogP contribution in [0.2, 0.25) is 0 Å². The van der Waals surface area contributed by atoms with E-state index in [0.717, 1.165) is 6.92 Å². The Morgan fingerprint density at radius 3 is 1.71 bits per heavy atom. The van der Waals surface area contributed by atoms with Crippen molar-refractivity contribution in [2.24, 2.45) is 11.5 Å². The first-order chi connectivity index (χ1) is 6.23. The van der Waals surface area contributed by atoms with Crippen molar-refractivity contribution in [3.63, 3.8) is 0 Å². The monoisotopic (exact) mass is 227 g/mol. The van der Waals surface area contributed by atoms with Gasteiger partial charge in [0.2, 0.25) is 0 Å². The number of carboxylic acids is 1. The number of hydrogen-bond acceptors (Lipinski definition) is 4. The Kier molecular flexibility index (Phi) is 18.4. The summed E-state index contributed by atoms with van der Waals surface area (Å²) in [5.41, 5.74) is 8.21. The van der Waals surface area contributed by atoms with Gasteiger partial charge < -0.3 is 21.3 Å². The minimum absolute atomic E-state index is 0.333. The van der Waals surface area contributed by atoms with Crippen LogP contribution in [0.5, 0.6) is 0 Å². The predicted octanol–water partition coefficient (Wildman–Crippen LogP) is 0.311. The average molecular weight is 228 g/mol. The fraction of sp³-hybridized carbons (Fsp3) is 0.500. The zero-order chi connectivity index (χ0) is 12.1. The Bertz CT molecular complexity index is 166. The van der Waals surface area contributed by atoms with Gasteiger partial charge in [0.1, 0.15) is 0 Å². The summed E-state index contributed by atoms with van der Waals surface area (Å²) in [4.78, 5) is 18.6. The van der Waals surface area contributed by atoms with Gasteiger partial charge >= 0.3 is 5.43 Å². The number of rotatable bonds is 1. The summed E-state index contributed by atoms with van der Waals surface area (Å²) >= 11 is 4.72. The van der Waals surface area contributed by atoms with Crippen LogP contribution in [-0.4, -0.2) is 29.1 Å². The number of carbonyl (C=O) groups is 2.